The Kier molecular flexibility index (Phi) is 1.83. The van der Waals surface area contributed by atoms with Crippen molar-refractivity contribution >= 4 is 6.21 Å². The van der Waals surface area contributed by atoms with E-state index in [1.54, 1.807) is 0 Å². The van der Waals surface area contributed by atoms with Crippen molar-refractivity contribution in [1.29, 1.82) is 0 Å². The molecule has 1 aromatic rings. The van der Waals surface area contributed by atoms with E-state index >= 15 is 0 Å². The lowest BCUT2D eigenvalue weighted by Gasteiger charge is -2.15. The van der Waals surface area contributed by atoms with E-state index in [9.17, 15) is 0 Å². The van der Waals surface area contributed by atoms with Crippen LogP contribution < -0.4 is 0 Å². The van der Waals surface area contributed by atoms with E-state index in [2.05, 4.69) is 23.2 Å². The highest BCUT2D eigenvalue weighted by Crippen LogP contribution is 2.25. The summed E-state index contributed by atoms with van der Waals surface area (Å²) in [6, 6.07) is 2.45. The summed E-state index contributed by atoms with van der Waals surface area (Å²) in [7, 11) is 3.95. The molecule has 0 saturated carbocycles. The summed E-state index contributed by atoms with van der Waals surface area (Å²) >= 11 is 0. The van der Waals surface area contributed by atoms with Crippen molar-refractivity contribution in [3.63, 3.8) is 0 Å². The van der Waals surface area contributed by atoms with E-state index in [0.29, 0.717) is 6.04 Å². The molecule has 4 heteroatoms. The molecule has 13 heavy (non-hydrogen) atoms. The Morgan fingerprint density at radius 3 is 2.69 bits per heavy atom. The molecule has 0 amide bonds. The lowest BCUT2D eigenvalue weighted by Crippen LogP contribution is -2.14. The smallest absolute Gasteiger partial charge is 0.0955 e. The van der Waals surface area contributed by atoms with Gasteiger partial charge in [-0.05, 0) is 13.0 Å². The topological polar surface area (TPSA) is 33.4 Å². The van der Waals surface area contributed by atoms with Gasteiger partial charge in [0.2, 0.25) is 0 Å². The maximum Gasteiger partial charge on any atom is 0.0955 e. The van der Waals surface area contributed by atoms with Crippen LogP contribution in [0.1, 0.15) is 23.9 Å². The molecule has 0 fully saturated rings. The first-order valence-electron chi connectivity index (χ1n) is 4.44. The molecule has 4 nitrogen and oxygen atoms in total. The van der Waals surface area contributed by atoms with Crippen LogP contribution in [-0.2, 0) is 7.05 Å². The first kappa shape index (κ1) is 8.29. The minimum Gasteiger partial charge on any atom is -0.291 e. The van der Waals surface area contributed by atoms with Crippen molar-refractivity contribution in [2.24, 2.45) is 12.1 Å². The van der Waals surface area contributed by atoms with Crippen molar-refractivity contribution in [3.05, 3.63) is 17.5 Å². The Morgan fingerprint density at radius 2 is 2.23 bits per heavy atom. The number of aryl methyl sites for hydroxylation is 2. The second kappa shape index (κ2) is 2.87. The summed E-state index contributed by atoms with van der Waals surface area (Å²) in [4.78, 5) is 0. The van der Waals surface area contributed by atoms with E-state index in [1.807, 2.05) is 30.0 Å². The van der Waals surface area contributed by atoms with Crippen LogP contribution in [0.25, 0.3) is 0 Å². The molecule has 0 spiro atoms. The Bertz CT molecular complexity index is 320. The van der Waals surface area contributed by atoms with Crippen LogP contribution >= 0.6 is 0 Å². The summed E-state index contributed by atoms with van der Waals surface area (Å²) < 4.78 is 1.90. The van der Waals surface area contributed by atoms with Crippen LogP contribution in [0, 0.1) is 6.92 Å². The molecule has 1 atom stereocenters. The molecule has 0 aromatic carbocycles. The molecule has 1 aromatic heterocycles. The van der Waals surface area contributed by atoms with E-state index < -0.39 is 0 Å². The second-order valence-corrected chi connectivity index (χ2v) is 3.46. The van der Waals surface area contributed by atoms with Gasteiger partial charge in [-0.2, -0.15) is 10.2 Å². The highest BCUT2D eigenvalue weighted by atomic mass is 15.5. The predicted octanol–water partition coefficient (Wildman–Crippen LogP) is 1.09. The zero-order valence-electron chi connectivity index (χ0n) is 8.23. The minimum atomic E-state index is 0.333. The van der Waals surface area contributed by atoms with Gasteiger partial charge in [-0.3, -0.25) is 9.69 Å². The summed E-state index contributed by atoms with van der Waals surface area (Å²) in [5, 5.41) is 10.6. The fraction of sp³-hybridized carbons (Fsp3) is 0.556. The lowest BCUT2D eigenvalue weighted by atomic mass is 10.1. The highest BCUT2D eigenvalue weighted by Gasteiger charge is 2.21. The largest absolute Gasteiger partial charge is 0.291 e. The third-order valence-corrected chi connectivity index (χ3v) is 2.52. The zero-order chi connectivity index (χ0) is 9.42. The van der Waals surface area contributed by atoms with Gasteiger partial charge in [0.15, 0.2) is 0 Å². The van der Waals surface area contributed by atoms with Gasteiger partial charge in [-0.1, -0.05) is 0 Å². The summed E-state index contributed by atoms with van der Waals surface area (Å²) in [5.74, 6) is 0. The molecule has 70 valence electrons. The number of rotatable bonds is 1. The molecule has 1 unspecified atom stereocenters. The quantitative estimate of drug-likeness (QED) is 0.645. The maximum absolute atomic E-state index is 4.44. The van der Waals surface area contributed by atoms with Crippen LogP contribution in [0.4, 0.5) is 0 Å². The van der Waals surface area contributed by atoms with E-state index in [4.69, 9.17) is 0 Å². The van der Waals surface area contributed by atoms with Crippen molar-refractivity contribution in [2.45, 2.75) is 19.4 Å². The zero-order valence-corrected chi connectivity index (χ0v) is 8.23. The fourth-order valence-electron chi connectivity index (χ4n) is 1.57. The fourth-order valence-corrected chi connectivity index (χ4v) is 1.57. The van der Waals surface area contributed by atoms with Gasteiger partial charge in [0.1, 0.15) is 0 Å². The molecule has 0 aliphatic carbocycles. The minimum absolute atomic E-state index is 0.333. The molecule has 2 rings (SSSR count). The summed E-state index contributed by atoms with van der Waals surface area (Å²) in [6.07, 6.45) is 2.90. The lowest BCUT2D eigenvalue weighted by molar-refractivity contribution is 0.283. The van der Waals surface area contributed by atoms with Crippen LogP contribution in [0.5, 0.6) is 0 Å². The standard InChI is InChI=1S/C9H14N4/c1-7-6-8(11-12(7)2)9-4-5-10-13(9)3/h5-6,9H,4H2,1-3H3. The third-order valence-electron chi connectivity index (χ3n) is 2.52. The van der Waals surface area contributed by atoms with Crippen LogP contribution in [0.2, 0.25) is 0 Å². The van der Waals surface area contributed by atoms with Crippen LogP contribution in [-0.4, -0.2) is 28.1 Å². The van der Waals surface area contributed by atoms with Gasteiger partial charge in [0, 0.05) is 32.4 Å². The van der Waals surface area contributed by atoms with Crippen LogP contribution in [0.15, 0.2) is 11.2 Å². The van der Waals surface area contributed by atoms with Gasteiger partial charge in [0.25, 0.3) is 0 Å². The Labute approximate surface area is 77.8 Å². The van der Waals surface area contributed by atoms with Crippen molar-refractivity contribution < 1.29 is 0 Å². The Hall–Kier alpha value is -1.32. The molecule has 1 aliphatic rings. The molecule has 2 heterocycles. The molecule has 0 N–H and O–H groups in total. The van der Waals surface area contributed by atoms with Crippen molar-refractivity contribution in [1.82, 2.24) is 14.8 Å². The van der Waals surface area contributed by atoms with Gasteiger partial charge in [-0.15, -0.1) is 0 Å². The molecule has 0 radical (unpaired) electrons. The first-order valence-corrected chi connectivity index (χ1v) is 4.44. The first-order chi connectivity index (χ1) is 6.18. The molecule has 1 aliphatic heterocycles. The van der Waals surface area contributed by atoms with Crippen molar-refractivity contribution in [2.75, 3.05) is 7.05 Å². The number of nitrogens with zero attached hydrogens (tertiary/aromatic N) is 4. The monoisotopic (exact) mass is 178 g/mol. The number of hydrazone groups is 1. The number of hydrogen-bond acceptors (Lipinski definition) is 3. The van der Waals surface area contributed by atoms with Gasteiger partial charge in [-0.25, -0.2) is 0 Å². The van der Waals surface area contributed by atoms with Crippen molar-refractivity contribution in [3.8, 4) is 0 Å². The Morgan fingerprint density at radius 1 is 1.46 bits per heavy atom. The van der Waals surface area contributed by atoms with E-state index in [-0.39, 0.29) is 0 Å². The average molecular weight is 178 g/mol. The highest BCUT2D eigenvalue weighted by molar-refractivity contribution is 5.60. The normalized spacial score (nSPS) is 21.5. The third kappa shape index (κ3) is 1.32. The number of hydrogen-bond donors (Lipinski definition) is 0. The molecular formula is C9H14N4. The second-order valence-electron chi connectivity index (χ2n) is 3.46. The van der Waals surface area contributed by atoms with Gasteiger partial charge < -0.3 is 0 Å². The SMILES string of the molecule is Cc1cc(C2CC=NN2C)nn1C. The molecular weight excluding hydrogens is 164 g/mol. The maximum atomic E-state index is 4.44. The molecule has 0 saturated heterocycles. The molecule has 0 bridgehead atoms. The van der Waals surface area contributed by atoms with E-state index in [0.717, 1.165) is 12.1 Å². The average Bonchev–Trinajstić information content (AvgIpc) is 2.60. The predicted molar refractivity (Wildman–Crippen MR) is 51.6 cm³/mol. The Balaban J connectivity index is 2.26. The summed E-state index contributed by atoms with van der Waals surface area (Å²) in [6.45, 7) is 2.06. The van der Waals surface area contributed by atoms with E-state index in [1.165, 1.54) is 5.69 Å². The van der Waals surface area contributed by atoms with Gasteiger partial charge >= 0.3 is 0 Å². The van der Waals surface area contributed by atoms with Crippen LogP contribution in [0.3, 0.4) is 0 Å². The number of aromatic nitrogens is 2. The summed E-state index contributed by atoms with van der Waals surface area (Å²) in [5.41, 5.74) is 2.30. The van der Waals surface area contributed by atoms with Gasteiger partial charge in [0.05, 0.1) is 11.7 Å².